The Kier molecular flexibility index (Phi) is 6.28. The average Bonchev–Trinajstić information content (AvgIpc) is 2.43. The SMILES string of the molecule is CCC1SCCSC1c1nc(N)c(I)c(CC(C)C)n1. The van der Waals surface area contributed by atoms with Crippen LogP contribution >= 0.6 is 46.1 Å². The first-order valence-electron chi connectivity index (χ1n) is 7.07. The molecule has 0 bridgehead atoms. The maximum Gasteiger partial charge on any atom is 0.145 e. The van der Waals surface area contributed by atoms with E-state index in [9.17, 15) is 0 Å². The summed E-state index contributed by atoms with van der Waals surface area (Å²) in [4.78, 5) is 9.45. The van der Waals surface area contributed by atoms with Gasteiger partial charge >= 0.3 is 0 Å². The molecule has 1 aromatic heterocycles. The first-order chi connectivity index (χ1) is 9.52. The topological polar surface area (TPSA) is 51.8 Å². The molecule has 1 aliphatic rings. The lowest BCUT2D eigenvalue weighted by atomic mass is 10.1. The molecule has 2 rings (SSSR count). The van der Waals surface area contributed by atoms with Gasteiger partial charge in [0.05, 0.1) is 14.5 Å². The van der Waals surface area contributed by atoms with Crippen molar-refractivity contribution in [3.05, 3.63) is 15.1 Å². The van der Waals surface area contributed by atoms with E-state index in [0.29, 0.717) is 22.2 Å². The molecule has 2 atom stereocenters. The van der Waals surface area contributed by atoms with Crippen molar-refractivity contribution in [3.8, 4) is 0 Å². The van der Waals surface area contributed by atoms with Gasteiger partial charge in [-0.2, -0.15) is 11.8 Å². The minimum atomic E-state index is 0.393. The molecule has 2 unspecified atom stereocenters. The Morgan fingerprint density at radius 1 is 1.30 bits per heavy atom. The quantitative estimate of drug-likeness (QED) is 0.737. The number of nitrogens with zero attached hydrogens (tertiary/aromatic N) is 2. The van der Waals surface area contributed by atoms with Gasteiger partial charge in [0, 0.05) is 16.8 Å². The van der Waals surface area contributed by atoms with E-state index in [-0.39, 0.29) is 0 Å². The summed E-state index contributed by atoms with van der Waals surface area (Å²) in [6.45, 7) is 6.68. The van der Waals surface area contributed by atoms with Gasteiger partial charge in [0.1, 0.15) is 11.6 Å². The van der Waals surface area contributed by atoms with Crippen LogP contribution in [0.15, 0.2) is 0 Å². The first-order valence-corrected chi connectivity index (χ1v) is 10.3. The highest BCUT2D eigenvalue weighted by Gasteiger charge is 2.29. The Balaban J connectivity index is 2.33. The normalized spacial score (nSPS) is 23.2. The number of thioether (sulfide) groups is 2. The Bertz CT molecular complexity index is 468. The van der Waals surface area contributed by atoms with Crippen molar-refractivity contribution >= 4 is 51.9 Å². The van der Waals surface area contributed by atoms with Crippen molar-refractivity contribution < 1.29 is 0 Å². The second kappa shape index (κ2) is 7.54. The van der Waals surface area contributed by atoms with Crippen LogP contribution in [0.25, 0.3) is 0 Å². The molecule has 0 radical (unpaired) electrons. The predicted molar refractivity (Wildman–Crippen MR) is 99.4 cm³/mol. The molecule has 1 aliphatic heterocycles. The molecule has 6 heteroatoms. The number of hydrogen-bond acceptors (Lipinski definition) is 5. The molecule has 3 nitrogen and oxygen atoms in total. The summed E-state index contributed by atoms with van der Waals surface area (Å²) >= 11 is 6.32. The Hall–Kier alpha value is 0.310. The van der Waals surface area contributed by atoms with Gasteiger partial charge in [0.15, 0.2) is 0 Å². The molecule has 2 N–H and O–H groups in total. The van der Waals surface area contributed by atoms with Gasteiger partial charge in [-0.1, -0.05) is 20.8 Å². The fourth-order valence-electron chi connectivity index (χ4n) is 2.32. The highest BCUT2D eigenvalue weighted by atomic mass is 127. The monoisotopic (exact) mass is 423 g/mol. The molecular weight excluding hydrogens is 401 g/mol. The highest BCUT2D eigenvalue weighted by Crippen LogP contribution is 2.43. The second-order valence-corrected chi connectivity index (χ2v) is 9.11. The minimum Gasteiger partial charge on any atom is -0.383 e. The maximum absolute atomic E-state index is 6.12. The van der Waals surface area contributed by atoms with Crippen LogP contribution in [-0.4, -0.2) is 26.7 Å². The van der Waals surface area contributed by atoms with Crippen LogP contribution in [-0.2, 0) is 6.42 Å². The number of nitrogens with two attached hydrogens (primary N) is 1. The molecule has 1 aromatic rings. The Labute approximate surface area is 143 Å². The summed E-state index contributed by atoms with van der Waals surface area (Å²) in [6, 6.07) is 0. The average molecular weight is 423 g/mol. The molecule has 0 aliphatic carbocycles. The molecule has 0 spiro atoms. The van der Waals surface area contributed by atoms with E-state index in [1.54, 1.807) is 0 Å². The van der Waals surface area contributed by atoms with Crippen molar-refractivity contribution in [1.82, 2.24) is 9.97 Å². The molecular formula is C14H22IN3S2. The number of anilines is 1. The molecule has 112 valence electrons. The molecule has 20 heavy (non-hydrogen) atoms. The molecule has 0 aromatic carbocycles. The molecule has 1 fully saturated rings. The fourth-order valence-corrected chi connectivity index (χ4v) is 5.78. The van der Waals surface area contributed by atoms with E-state index in [4.69, 9.17) is 10.7 Å². The van der Waals surface area contributed by atoms with E-state index in [1.807, 2.05) is 11.8 Å². The lowest BCUT2D eigenvalue weighted by Crippen LogP contribution is -2.22. The number of halogens is 1. The first kappa shape index (κ1) is 16.7. The smallest absolute Gasteiger partial charge is 0.145 e. The van der Waals surface area contributed by atoms with Crippen LogP contribution < -0.4 is 5.73 Å². The van der Waals surface area contributed by atoms with Crippen LogP contribution in [0.1, 0.15) is 44.0 Å². The maximum atomic E-state index is 6.12. The van der Waals surface area contributed by atoms with Gasteiger partial charge in [-0.05, 0) is 41.4 Å². The summed E-state index contributed by atoms with van der Waals surface area (Å²) in [5.74, 6) is 4.60. The molecule has 0 saturated carbocycles. The van der Waals surface area contributed by atoms with Crippen LogP contribution in [0.2, 0.25) is 0 Å². The largest absolute Gasteiger partial charge is 0.383 e. The fraction of sp³-hybridized carbons (Fsp3) is 0.714. The van der Waals surface area contributed by atoms with Crippen molar-refractivity contribution in [3.63, 3.8) is 0 Å². The molecule has 1 saturated heterocycles. The lowest BCUT2D eigenvalue weighted by Gasteiger charge is -2.29. The third-order valence-corrected chi connectivity index (χ3v) is 7.69. The summed E-state index contributed by atoms with van der Waals surface area (Å²) in [5.41, 5.74) is 7.24. The highest BCUT2D eigenvalue weighted by molar-refractivity contribution is 14.1. The zero-order valence-corrected chi connectivity index (χ0v) is 16.0. The van der Waals surface area contributed by atoms with Crippen molar-refractivity contribution in [2.75, 3.05) is 17.2 Å². The number of rotatable bonds is 4. The van der Waals surface area contributed by atoms with E-state index in [2.05, 4.69) is 60.1 Å². The van der Waals surface area contributed by atoms with Gasteiger partial charge in [0.25, 0.3) is 0 Å². The van der Waals surface area contributed by atoms with E-state index in [1.165, 1.54) is 11.5 Å². The minimum absolute atomic E-state index is 0.393. The predicted octanol–water partition coefficient (Wildman–Crippen LogP) is 4.16. The second-order valence-electron chi connectivity index (χ2n) is 5.43. The van der Waals surface area contributed by atoms with Crippen LogP contribution in [0.5, 0.6) is 0 Å². The van der Waals surface area contributed by atoms with Crippen LogP contribution in [0.4, 0.5) is 5.82 Å². The Morgan fingerprint density at radius 3 is 2.65 bits per heavy atom. The number of aromatic nitrogens is 2. The van der Waals surface area contributed by atoms with Gasteiger partial charge < -0.3 is 5.73 Å². The third-order valence-electron chi connectivity index (χ3n) is 3.27. The van der Waals surface area contributed by atoms with Crippen molar-refractivity contribution in [2.24, 2.45) is 5.92 Å². The lowest BCUT2D eigenvalue weighted by molar-refractivity contribution is 0.625. The summed E-state index contributed by atoms with van der Waals surface area (Å²) in [7, 11) is 0. The van der Waals surface area contributed by atoms with Gasteiger partial charge in [0.2, 0.25) is 0 Å². The van der Waals surface area contributed by atoms with Crippen molar-refractivity contribution in [1.29, 1.82) is 0 Å². The van der Waals surface area contributed by atoms with E-state index >= 15 is 0 Å². The number of hydrogen-bond donors (Lipinski definition) is 1. The van der Waals surface area contributed by atoms with Crippen LogP contribution in [0, 0.1) is 9.49 Å². The third kappa shape index (κ3) is 3.94. The van der Waals surface area contributed by atoms with Gasteiger partial charge in [-0.25, -0.2) is 9.97 Å². The number of nitrogen functional groups attached to an aromatic ring is 1. The summed E-state index contributed by atoms with van der Waals surface area (Å²) < 4.78 is 1.03. The van der Waals surface area contributed by atoms with Crippen LogP contribution in [0.3, 0.4) is 0 Å². The van der Waals surface area contributed by atoms with Crippen molar-refractivity contribution in [2.45, 2.75) is 44.1 Å². The standard InChI is InChI=1S/C14H22IN3S2/c1-4-10-12(20-6-5-19-10)14-17-9(7-8(2)3)11(15)13(16)18-14/h8,10,12H,4-7H2,1-3H3,(H2,16,17,18). The zero-order chi connectivity index (χ0) is 14.7. The Morgan fingerprint density at radius 2 is 2.00 bits per heavy atom. The molecule has 0 amide bonds. The van der Waals surface area contributed by atoms with Gasteiger partial charge in [-0.3, -0.25) is 0 Å². The zero-order valence-electron chi connectivity index (χ0n) is 12.2. The van der Waals surface area contributed by atoms with Gasteiger partial charge in [-0.15, -0.1) is 11.8 Å². The van der Waals surface area contributed by atoms with E-state index in [0.717, 1.165) is 27.9 Å². The summed E-state index contributed by atoms with van der Waals surface area (Å²) in [5, 5.41) is 1.00. The molecule has 2 heterocycles. The van der Waals surface area contributed by atoms with E-state index < -0.39 is 0 Å². The summed E-state index contributed by atoms with van der Waals surface area (Å²) in [6.07, 6.45) is 2.14.